The van der Waals surface area contributed by atoms with Crippen LogP contribution in [0.4, 0.5) is 5.69 Å². The van der Waals surface area contributed by atoms with E-state index < -0.39 is 0 Å². The van der Waals surface area contributed by atoms with E-state index >= 15 is 0 Å². The molecular formula is C17H25N3O. The van der Waals surface area contributed by atoms with Gasteiger partial charge in [0, 0.05) is 29.9 Å². The number of carbonyl (C=O) groups is 1. The number of carbonyl (C=O) groups excluding carboxylic acids is 1. The minimum atomic E-state index is 0.0247. The van der Waals surface area contributed by atoms with Crippen LogP contribution in [0.2, 0.25) is 0 Å². The lowest BCUT2D eigenvalue weighted by atomic mass is 9.98. The third kappa shape index (κ3) is 2.77. The van der Waals surface area contributed by atoms with Crippen molar-refractivity contribution in [3.63, 3.8) is 0 Å². The predicted octanol–water partition coefficient (Wildman–Crippen LogP) is 2.24. The molecule has 2 unspecified atom stereocenters. The number of piperidine rings is 1. The molecular weight excluding hydrogens is 262 g/mol. The minimum Gasteiger partial charge on any atom is -0.398 e. The smallest absolute Gasteiger partial charge is 0.251 e. The Labute approximate surface area is 126 Å². The molecule has 0 spiro atoms. The summed E-state index contributed by atoms with van der Waals surface area (Å²) in [7, 11) is 0. The van der Waals surface area contributed by atoms with Gasteiger partial charge in [0.1, 0.15) is 0 Å². The van der Waals surface area contributed by atoms with Crippen LogP contribution in [0.25, 0.3) is 0 Å². The molecule has 4 nitrogen and oxygen atoms in total. The second-order valence-corrected chi connectivity index (χ2v) is 6.49. The summed E-state index contributed by atoms with van der Waals surface area (Å²) in [6, 6.07) is 4.63. The number of hydrogen-bond donors (Lipinski definition) is 2. The Kier molecular flexibility index (Phi) is 3.89. The summed E-state index contributed by atoms with van der Waals surface area (Å²) in [5, 5.41) is 3.25. The average molecular weight is 287 g/mol. The van der Waals surface area contributed by atoms with Gasteiger partial charge in [0.25, 0.3) is 5.91 Å². The number of aryl methyl sites for hydroxylation is 2. The Bertz CT molecular complexity index is 555. The van der Waals surface area contributed by atoms with Gasteiger partial charge in [-0.25, -0.2) is 0 Å². The quantitative estimate of drug-likeness (QED) is 0.820. The number of anilines is 1. The van der Waals surface area contributed by atoms with Gasteiger partial charge in [0.15, 0.2) is 0 Å². The summed E-state index contributed by atoms with van der Waals surface area (Å²) >= 11 is 0. The van der Waals surface area contributed by atoms with Gasteiger partial charge in [-0.15, -0.1) is 0 Å². The Morgan fingerprint density at radius 3 is 2.81 bits per heavy atom. The van der Waals surface area contributed by atoms with E-state index in [1.807, 2.05) is 26.0 Å². The molecule has 2 aliphatic heterocycles. The number of fused-ring (bicyclic) bond motifs is 1. The number of benzene rings is 1. The second-order valence-electron chi connectivity index (χ2n) is 6.49. The Hall–Kier alpha value is -1.55. The molecule has 0 aliphatic carbocycles. The first-order valence-corrected chi connectivity index (χ1v) is 7.98. The molecule has 1 aromatic carbocycles. The number of hydrogen-bond acceptors (Lipinski definition) is 3. The van der Waals surface area contributed by atoms with Crippen molar-refractivity contribution in [3.05, 3.63) is 28.8 Å². The largest absolute Gasteiger partial charge is 0.398 e. The van der Waals surface area contributed by atoms with E-state index in [1.54, 1.807) is 0 Å². The third-order valence-electron chi connectivity index (χ3n) is 5.03. The second kappa shape index (κ2) is 5.68. The molecule has 0 saturated carbocycles. The average Bonchev–Trinajstić information content (AvgIpc) is 2.86. The van der Waals surface area contributed by atoms with E-state index in [4.69, 9.17) is 5.73 Å². The molecule has 0 bridgehead atoms. The number of nitrogen functional groups attached to an aromatic ring is 1. The van der Waals surface area contributed by atoms with Crippen LogP contribution in [-0.4, -0.2) is 36.0 Å². The van der Waals surface area contributed by atoms with Gasteiger partial charge in [0.05, 0.1) is 0 Å². The molecule has 3 N–H and O–H groups in total. The molecule has 2 saturated heterocycles. The molecule has 2 heterocycles. The van der Waals surface area contributed by atoms with Crippen molar-refractivity contribution in [2.45, 2.75) is 51.6 Å². The van der Waals surface area contributed by atoms with Gasteiger partial charge in [-0.05, 0) is 56.8 Å². The van der Waals surface area contributed by atoms with Gasteiger partial charge in [-0.2, -0.15) is 0 Å². The summed E-state index contributed by atoms with van der Waals surface area (Å²) in [6.07, 6.45) is 4.85. The van der Waals surface area contributed by atoms with Crippen LogP contribution in [0, 0.1) is 13.8 Å². The topological polar surface area (TPSA) is 58.4 Å². The first-order chi connectivity index (χ1) is 10.1. The normalized spacial score (nSPS) is 25.6. The first-order valence-electron chi connectivity index (χ1n) is 7.98. The van der Waals surface area contributed by atoms with Gasteiger partial charge >= 0.3 is 0 Å². The lowest BCUT2D eigenvalue weighted by Gasteiger charge is -2.32. The SMILES string of the molecule is Cc1cc(C)c(C(=O)NC2CCN3CCCCC23)cc1N. The highest BCUT2D eigenvalue weighted by molar-refractivity contribution is 5.97. The lowest BCUT2D eigenvalue weighted by molar-refractivity contribution is 0.0915. The number of nitrogens with two attached hydrogens (primary N) is 1. The van der Waals surface area contributed by atoms with Crippen molar-refractivity contribution < 1.29 is 4.79 Å². The van der Waals surface area contributed by atoms with Crippen LogP contribution in [0.15, 0.2) is 12.1 Å². The molecule has 1 amide bonds. The first kappa shape index (κ1) is 14.4. The van der Waals surface area contributed by atoms with Crippen molar-refractivity contribution in [2.75, 3.05) is 18.8 Å². The Morgan fingerprint density at radius 2 is 2.00 bits per heavy atom. The molecule has 0 aromatic heterocycles. The number of nitrogens with zero attached hydrogens (tertiary/aromatic N) is 1. The van der Waals surface area contributed by atoms with E-state index in [0.717, 1.165) is 24.1 Å². The summed E-state index contributed by atoms with van der Waals surface area (Å²) in [4.78, 5) is 15.1. The molecule has 21 heavy (non-hydrogen) atoms. The lowest BCUT2D eigenvalue weighted by Crippen LogP contribution is -2.46. The maximum atomic E-state index is 12.6. The fraction of sp³-hybridized carbons (Fsp3) is 0.588. The molecule has 2 aliphatic rings. The standard InChI is InChI=1S/C17H25N3O/c1-11-9-12(2)14(18)10-13(11)17(21)19-15-6-8-20-7-4-3-5-16(15)20/h9-10,15-16H,3-8,18H2,1-2H3,(H,19,21). The molecule has 3 rings (SSSR count). The van der Waals surface area contributed by atoms with Crippen molar-refractivity contribution in [1.29, 1.82) is 0 Å². The molecule has 114 valence electrons. The van der Waals surface area contributed by atoms with Gasteiger partial charge in [0.2, 0.25) is 0 Å². The fourth-order valence-electron chi connectivity index (χ4n) is 3.78. The van der Waals surface area contributed by atoms with Crippen LogP contribution in [0.1, 0.15) is 47.2 Å². The highest BCUT2D eigenvalue weighted by Gasteiger charge is 2.36. The van der Waals surface area contributed by atoms with E-state index in [1.165, 1.54) is 25.8 Å². The van der Waals surface area contributed by atoms with Crippen LogP contribution in [0.5, 0.6) is 0 Å². The molecule has 2 atom stereocenters. The molecule has 1 aromatic rings. The van der Waals surface area contributed by atoms with Gasteiger partial charge in [-0.3, -0.25) is 9.69 Å². The number of nitrogens with one attached hydrogen (secondary N) is 1. The monoisotopic (exact) mass is 287 g/mol. The fourth-order valence-corrected chi connectivity index (χ4v) is 3.78. The van der Waals surface area contributed by atoms with E-state index in [0.29, 0.717) is 23.3 Å². The van der Waals surface area contributed by atoms with Crippen LogP contribution in [-0.2, 0) is 0 Å². The minimum absolute atomic E-state index is 0.0247. The molecule has 2 fully saturated rings. The summed E-state index contributed by atoms with van der Waals surface area (Å²) in [6.45, 7) is 6.25. The number of amides is 1. The zero-order valence-corrected chi connectivity index (χ0v) is 13.0. The highest BCUT2D eigenvalue weighted by atomic mass is 16.1. The summed E-state index contributed by atoms with van der Waals surface area (Å²) in [5.74, 6) is 0.0247. The van der Waals surface area contributed by atoms with Crippen molar-refractivity contribution in [1.82, 2.24) is 10.2 Å². The third-order valence-corrected chi connectivity index (χ3v) is 5.03. The highest BCUT2D eigenvalue weighted by Crippen LogP contribution is 2.27. The van der Waals surface area contributed by atoms with Crippen LogP contribution >= 0.6 is 0 Å². The zero-order chi connectivity index (χ0) is 15.0. The maximum Gasteiger partial charge on any atom is 0.251 e. The van der Waals surface area contributed by atoms with Crippen molar-refractivity contribution in [3.8, 4) is 0 Å². The summed E-state index contributed by atoms with van der Waals surface area (Å²) < 4.78 is 0. The zero-order valence-electron chi connectivity index (χ0n) is 13.0. The van der Waals surface area contributed by atoms with Crippen LogP contribution in [0.3, 0.4) is 0 Å². The predicted molar refractivity (Wildman–Crippen MR) is 85.4 cm³/mol. The Morgan fingerprint density at radius 1 is 1.19 bits per heavy atom. The van der Waals surface area contributed by atoms with E-state index in [2.05, 4.69) is 10.2 Å². The summed E-state index contributed by atoms with van der Waals surface area (Å²) in [5.41, 5.74) is 9.39. The van der Waals surface area contributed by atoms with E-state index in [9.17, 15) is 4.79 Å². The van der Waals surface area contributed by atoms with Crippen LogP contribution < -0.4 is 11.1 Å². The van der Waals surface area contributed by atoms with Crippen molar-refractivity contribution >= 4 is 11.6 Å². The van der Waals surface area contributed by atoms with E-state index in [-0.39, 0.29) is 5.91 Å². The maximum absolute atomic E-state index is 12.6. The number of rotatable bonds is 2. The van der Waals surface area contributed by atoms with Gasteiger partial charge < -0.3 is 11.1 Å². The Balaban J connectivity index is 1.73. The van der Waals surface area contributed by atoms with Crippen molar-refractivity contribution in [2.24, 2.45) is 0 Å². The molecule has 0 radical (unpaired) electrons. The molecule has 4 heteroatoms. The van der Waals surface area contributed by atoms with Gasteiger partial charge in [-0.1, -0.05) is 12.5 Å².